The van der Waals surface area contributed by atoms with Crippen molar-refractivity contribution in [2.45, 2.75) is 24.8 Å². The Labute approximate surface area is 131 Å². The van der Waals surface area contributed by atoms with Gasteiger partial charge >= 0.3 is 0 Å². The van der Waals surface area contributed by atoms with E-state index in [1.807, 2.05) is 29.2 Å². The van der Waals surface area contributed by atoms with Crippen LogP contribution in [0.2, 0.25) is 0 Å². The van der Waals surface area contributed by atoms with Gasteiger partial charge in [0.1, 0.15) is 0 Å². The summed E-state index contributed by atoms with van der Waals surface area (Å²) in [5, 5.41) is 9.28. The molecule has 0 atom stereocenters. The molecule has 0 aliphatic carbocycles. The van der Waals surface area contributed by atoms with Crippen LogP contribution < -0.4 is 0 Å². The van der Waals surface area contributed by atoms with E-state index in [2.05, 4.69) is 11.9 Å². The summed E-state index contributed by atoms with van der Waals surface area (Å²) in [6.07, 6.45) is 1.92. The average Bonchev–Trinajstić information content (AvgIpc) is 2.53. The highest BCUT2D eigenvalue weighted by Crippen LogP contribution is 2.18. The van der Waals surface area contributed by atoms with Crippen molar-refractivity contribution >= 4 is 17.5 Å². The lowest BCUT2D eigenvalue weighted by molar-refractivity contribution is 0.0540. The molecule has 1 N–H and O–H groups in total. The molecule has 0 bridgehead atoms. The van der Waals surface area contributed by atoms with Crippen LogP contribution in [-0.4, -0.2) is 60.1 Å². The Hall–Kier alpha value is -1.10. The molecule has 1 heterocycles. The summed E-state index contributed by atoms with van der Waals surface area (Å²) in [6, 6.07) is 7.62. The van der Waals surface area contributed by atoms with E-state index in [1.165, 1.54) is 0 Å². The highest BCUT2D eigenvalue weighted by Gasteiger charge is 2.27. The zero-order chi connectivity index (χ0) is 15.2. The molecule has 1 aromatic rings. The van der Waals surface area contributed by atoms with Gasteiger partial charge in [-0.3, -0.25) is 4.79 Å². The van der Waals surface area contributed by atoms with Crippen molar-refractivity contribution in [1.29, 1.82) is 0 Å². The lowest BCUT2D eigenvalue weighted by Crippen LogP contribution is -2.47. The van der Waals surface area contributed by atoms with Crippen LogP contribution >= 0.6 is 11.6 Å². The first-order chi connectivity index (χ1) is 10.2. The van der Waals surface area contributed by atoms with Crippen molar-refractivity contribution in [3.8, 4) is 0 Å². The molecule has 1 aromatic carbocycles. The molecule has 1 fully saturated rings. The minimum Gasteiger partial charge on any atom is -0.395 e. The first-order valence-electron chi connectivity index (χ1n) is 7.41. The van der Waals surface area contributed by atoms with Crippen molar-refractivity contribution in [1.82, 2.24) is 9.80 Å². The van der Waals surface area contributed by atoms with Crippen molar-refractivity contribution in [2.75, 3.05) is 33.3 Å². The minimum absolute atomic E-state index is 0.000254. The predicted octanol–water partition coefficient (Wildman–Crippen LogP) is 1.95. The zero-order valence-corrected chi connectivity index (χ0v) is 13.2. The molecule has 2 rings (SSSR count). The summed E-state index contributed by atoms with van der Waals surface area (Å²) in [4.78, 5) is 16.8. The SMILES string of the molecule is CN1CCC(N(CCO)C(=O)c2ccc(CCl)cc2)CC1. The van der Waals surface area contributed by atoms with Gasteiger partial charge in [0, 0.05) is 24.0 Å². The molecule has 0 unspecified atom stereocenters. The number of hydrogen-bond acceptors (Lipinski definition) is 3. The predicted molar refractivity (Wildman–Crippen MR) is 84.6 cm³/mol. The molecule has 4 nitrogen and oxygen atoms in total. The summed E-state index contributed by atoms with van der Waals surface area (Å²) in [6.45, 7) is 2.37. The molecule has 0 spiro atoms. The third-order valence-corrected chi connectivity index (χ3v) is 4.39. The Bertz CT molecular complexity index is 456. The van der Waals surface area contributed by atoms with Crippen LogP contribution in [0, 0.1) is 0 Å². The second-order valence-corrected chi connectivity index (χ2v) is 5.85. The van der Waals surface area contributed by atoms with Gasteiger partial charge < -0.3 is 14.9 Å². The third-order valence-electron chi connectivity index (χ3n) is 4.09. The number of carbonyl (C=O) groups excluding carboxylic acids is 1. The van der Waals surface area contributed by atoms with Crippen LogP contribution in [0.5, 0.6) is 0 Å². The van der Waals surface area contributed by atoms with Gasteiger partial charge in [-0.25, -0.2) is 0 Å². The molecule has 5 heteroatoms. The molecule has 1 saturated heterocycles. The third kappa shape index (κ3) is 4.19. The number of halogens is 1. The topological polar surface area (TPSA) is 43.8 Å². The van der Waals surface area contributed by atoms with Crippen LogP contribution in [0.4, 0.5) is 0 Å². The minimum atomic E-state index is -0.00214. The van der Waals surface area contributed by atoms with Crippen molar-refractivity contribution in [3.63, 3.8) is 0 Å². The highest BCUT2D eigenvalue weighted by atomic mass is 35.5. The van der Waals surface area contributed by atoms with Crippen LogP contribution in [0.25, 0.3) is 0 Å². The van der Waals surface area contributed by atoms with Gasteiger partial charge in [-0.05, 0) is 50.7 Å². The maximum Gasteiger partial charge on any atom is 0.254 e. The van der Waals surface area contributed by atoms with E-state index < -0.39 is 0 Å². The van der Waals surface area contributed by atoms with E-state index in [4.69, 9.17) is 11.6 Å². The molecule has 116 valence electrons. The van der Waals surface area contributed by atoms with Crippen molar-refractivity contribution in [2.24, 2.45) is 0 Å². The molecule has 0 saturated carbocycles. The normalized spacial score (nSPS) is 16.9. The molecule has 0 radical (unpaired) electrons. The molecular formula is C16H23ClN2O2. The number of piperidine rings is 1. The monoisotopic (exact) mass is 310 g/mol. The number of likely N-dealkylation sites (tertiary alicyclic amines) is 1. The smallest absolute Gasteiger partial charge is 0.254 e. The second-order valence-electron chi connectivity index (χ2n) is 5.59. The standard InChI is InChI=1S/C16H23ClN2O2/c1-18-8-6-15(7-9-18)19(10-11-20)16(21)14-4-2-13(12-17)3-5-14/h2-5,15,20H,6-12H2,1H3. The van der Waals surface area contributed by atoms with Crippen molar-refractivity contribution < 1.29 is 9.90 Å². The number of aliphatic hydroxyl groups is 1. The van der Waals surface area contributed by atoms with E-state index in [9.17, 15) is 9.90 Å². The Balaban J connectivity index is 2.10. The quantitative estimate of drug-likeness (QED) is 0.846. The zero-order valence-electron chi connectivity index (χ0n) is 12.5. The maximum absolute atomic E-state index is 12.7. The molecule has 1 aliphatic heterocycles. The Morgan fingerprint density at radius 1 is 1.33 bits per heavy atom. The van der Waals surface area contributed by atoms with Gasteiger partial charge in [0.25, 0.3) is 5.91 Å². The number of nitrogens with zero attached hydrogens (tertiary/aromatic N) is 2. The number of carbonyl (C=O) groups is 1. The summed E-state index contributed by atoms with van der Waals surface area (Å²) in [5.74, 6) is 0.448. The Morgan fingerprint density at radius 2 is 1.95 bits per heavy atom. The fourth-order valence-corrected chi connectivity index (χ4v) is 2.94. The van der Waals surface area contributed by atoms with Gasteiger partial charge in [-0.1, -0.05) is 12.1 Å². The summed E-state index contributed by atoms with van der Waals surface area (Å²) in [5.41, 5.74) is 1.66. The van der Waals surface area contributed by atoms with E-state index in [0.29, 0.717) is 18.0 Å². The van der Waals surface area contributed by atoms with Gasteiger partial charge in [0.05, 0.1) is 6.61 Å². The number of benzene rings is 1. The first kappa shape index (κ1) is 16.3. The van der Waals surface area contributed by atoms with E-state index in [1.54, 1.807) is 0 Å². The van der Waals surface area contributed by atoms with Gasteiger partial charge in [0.15, 0.2) is 0 Å². The fourth-order valence-electron chi connectivity index (χ4n) is 2.77. The molecule has 21 heavy (non-hydrogen) atoms. The summed E-state index contributed by atoms with van der Waals surface area (Å²) in [7, 11) is 2.10. The van der Waals surface area contributed by atoms with Gasteiger partial charge in [0.2, 0.25) is 0 Å². The number of amides is 1. The number of alkyl halides is 1. The van der Waals surface area contributed by atoms with Crippen LogP contribution in [0.1, 0.15) is 28.8 Å². The number of aliphatic hydroxyl groups excluding tert-OH is 1. The first-order valence-corrected chi connectivity index (χ1v) is 7.94. The van der Waals surface area contributed by atoms with Gasteiger partial charge in [-0.2, -0.15) is 0 Å². The van der Waals surface area contributed by atoms with Crippen molar-refractivity contribution in [3.05, 3.63) is 35.4 Å². The van der Waals surface area contributed by atoms with Crippen LogP contribution in [-0.2, 0) is 5.88 Å². The van der Waals surface area contributed by atoms with E-state index in [-0.39, 0.29) is 18.6 Å². The maximum atomic E-state index is 12.7. The highest BCUT2D eigenvalue weighted by molar-refractivity contribution is 6.17. The lowest BCUT2D eigenvalue weighted by atomic mass is 10.0. The Kier molecular flexibility index (Phi) is 6.03. The lowest BCUT2D eigenvalue weighted by Gasteiger charge is -2.37. The van der Waals surface area contributed by atoms with E-state index >= 15 is 0 Å². The largest absolute Gasteiger partial charge is 0.395 e. The second kappa shape index (κ2) is 7.78. The van der Waals surface area contributed by atoms with Crippen LogP contribution in [0.15, 0.2) is 24.3 Å². The summed E-state index contributed by atoms with van der Waals surface area (Å²) >= 11 is 5.77. The molecule has 1 amide bonds. The molecular weight excluding hydrogens is 288 g/mol. The van der Waals surface area contributed by atoms with Crippen LogP contribution in [0.3, 0.4) is 0 Å². The fraction of sp³-hybridized carbons (Fsp3) is 0.562. The number of rotatable bonds is 5. The van der Waals surface area contributed by atoms with Gasteiger partial charge in [-0.15, -0.1) is 11.6 Å². The van der Waals surface area contributed by atoms with E-state index in [0.717, 1.165) is 31.5 Å². The summed E-state index contributed by atoms with van der Waals surface area (Å²) < 4.78 is 0. The number of hydrogen-bond donors (Lipinski definition) is 1. The molecule has 0 aromatic heterocycles. The average molecular weight is 311 g/mol. The Morgan fingerprint density at radius 3 is 2.48 bits per heavy atom. The molecule has 1 aliphatic rings.